The van der Waals surface area contributed by atoms with E-state index in [-0.39, 0.29) is 4.90 Å². The van der Waals surface area contributed by atoms with Crippen molar-refractivity contribution >= 4 is 49.2 Å². The van der Waals surface area contributed by atoms with Gasteiger partial charge in [-0.25, -0.2) is 17.9 Å². The summed E-state index contributed by atoms with van der Waals surface area (Å²) in [6, 6.07) is 21.7. The van der Waals surface area contributed by atoms with Crippen molar-refractivity contribution in [1.29, 1.82) is 0 Å². The van der Waals surface area contributed by atoms with Crippen molar-refractivity contribution < 1.29 is 8.42 Å². The summed E-state index contributed by atoms with van der Waals surface area (Å²) in [5, 5.41) is 7.20. The standard InChI is InChI=1S/C23H19N5O2S2/c1-17-4-10-20(11-5-17)32(29,30)26-18-6-8-19(9-7-18)28(23-3-2-16-31-23)22-13-15-27-21(25-22)12-14-24-27/h2-16,26H,1H3. The Balaban J connectivity index is 1.46. The van der Waals surface area contributed by atoms with Gasteiger partial charge in [-0.05, 0) is 66.9 Å². The van der Waals surface area contributed by atoms with E-state index in [0.29, 0.717) is 5.69 Å². The summed E-state index contributed by atoms with van der Waals surface area (Å²) >= 11 is 1.59. The molecule has 7 nitrogen and oxygen atoms in total. The van der Waals surface area contributed by atoms with E-state index in [1.165, 1.54) is 0 Å². The molecule has 0 aliphatic heterocycles. The molecule has 2 aromatic carbocycles. The number of thiophene rings is 1. The minimum Gasteiger partial charge on any atom is -0.286 e. The van der Waals surface area contributed by atoms with Gasteiger partial charge in [0, 0.05) is 23.6 Å². The summed E-state index contributed by atoms with van der Waals surface area (Å²) in [5.74, 6) is 0.744. The number of nitrogens with one attached hydrogen (secondary N) is 1. The summed E-state index contributed by atoms with van der Waals surface area (Å²) in [6.45, 7) is 1.92. The summed E-state index contributed by atoms with van der Waals surface area (Å²) in [6.07, 6.45) is 3.57. The molecular weight excluding hydrogens is 442 g/mol. The zero-order chi connectivity index (χ0) is 22.1. The molecule has 0 spiro atoms. The molecule has 160 valence electrons. The Labute approximate surface area is 189 Å². The average Bonchev–Trinajstić information content (AvgIpc) is 3.47. The van der Waals surface area contributed by atoms with Crippen molar-refractivity contribution in [1.82, 2.24) is 14.6 Å². The highest BCUT2D eigenvalue weighted by Gasteiger charge is 2.17. The highest BCUT2D eigenvalue weighted by Crippen LogP contribution is 2.36. The SMILES string of the molecule is Cc1ccc(S(=O)(=O)Nc2ccc(N(c3ccn4nccc4n3)c3cccs3)cc2)cc1. The van der Waals surface area contributed by atoms with Gasteiger partial charge in [-0.2, -0.15) is 5.10 Å². The van der Waals surface area contributed by atoms with Gasteiger partial charge < -0.3 is 0 Å². The number of rotatable bonds is 6. The third-order valence-corrected chi connectivity index (χ3v) is 7.16. The van der Waals surface area contributed by atoms with Crippen LogP contribution in [-0.4, -0.2) is 23.0 Å². The van der Waals surface area contributed by atoms with Gasteiger partial charge >= 0.3 is 0 Å². The summed E-state index contributed by atoms with van der Waals surface area (Å²) in [7, 11) is -3.66. The zero-order valence-electron chi connectivity index (χ0n) is 17.1. The Bertz CT molecular complexity index is 1460. The van der Waals surface area contributed by atoms with Crippen molar-refractivity contribution in [3.8, 4) is 0 Å². The first kappa shape index (κ1) is 20.2. The molecular formula is C23H19N5O2S2. The number of benzene rings is 2. The fourth-order valence-electron chi connectivity index (χ4n) is 3.31. The second-order valence-corrected chi connectivity index (χ2v) is 9.78. The van der Waals surface area contributed by atoms with Crippen LogP contribution in [-0.2, 0) is 10.0 Å². The van der Waals surface area contributed by atoms with E-state index in [0.717, 1.165) is 27.7 Å². The molecule has 5 aromatic rings. The number of sulfonamides is 1. The van der Waals surface area contributed by atoms with Crippen molar-refractivity contribution in [2.24, 2.45) is 0 Å². The van der Waals surface area contributed by atoms with E-state index in [4.69, 9.17) is 4.98 Å². The van der Waals surface area contributed by atoms with E-state index >= 15 is 0 Å². The molecule has 0 saturated carbocycles. The predicted molar refractivity (Wildman–Crippen MR) is 128 cm³/mol. The van der Waals surface area contributed by atoms with Crippen LogP contribution in [0.2, 0.25) is 0 Å². The molecule has 3 heterocycles. The molecule has 0 unspecified atom stereocenters. The zero-order valence-corrected chi connectivity index (χ0v) is 18.7. The maximum atomic E-state index is 12.7. The smallest absolute Gasteiger partial charge is 0.261 e. The van der Waals surface area contributed by atoms with Gasteiger partial charge in [0.15, 0.2) is 5.65 Å². The van der Waals surface area contributed by atoms with Gasteiger partial charge in [0.25, 0.3) is 10.0 Å². The number of anilines is 4. The van der Waals surface area contributed by atoms with Crippen molar-refractivity contribution in [2.75, 3.05) is 9.62 Å². The molecule has 0 saturated heterocycles. The van der Waals surface area contributed by atoms with Gasteiger partial charge in [-0.3, -0.25) is 9.62 Å². The highest BCUT2D eigenvalue weighted by atomic mass is 32.2. The van der Waals surface area contributed by atoms with Crippen LogP contribution in [0.3, 0.4) is 0 Å². The van der Waals surface area contributed by atoms with Crippen LogP contribution in [0, 0.1) is 6.92 Å². The van der Waals surface area contributed by atoms with E-state index < -0.39 is 10.0 Å². The van der Waals surface area contributed by atoms with Gasteiger partial charge in [-0.1, -0.05) is 17.7 Å². The Kier molecular flexibility index (Phi) is 5.12. The molecule has 0 aliphatic rings. The van der Waals surface area contributed by atoms with Crippen LogP contribution in [0.1, 0.15) is 5.56 Å². The van der Waals surface area contributed by atoms with Crippen molar-refractivity contribution in [2.45, 2.75) is 11.8 Å². The van der Waals surface area contributed by atoms with Crippen LogP contribution in [0.4, 0.5) is 22.2 Å². The summed E-state index contributed by atoms with van der Waals surface area (Å²) < 4.78 is 29.8. The van der Waals surface area contributed by atoms with Crippen LogP contribution in [0.15, 0.2) is 95.5 Å². The topological polar surface area (TPSA) is 79.6 Å². The number of aromatic nitrogens is 3. The largest absolute Gasteiger partial charge is 0.286 e. The Morgan fingerprint density at radius 3 is 2.47 bits per heavy atom. The van der Waals surface area contributed by atoms with Crippen LogP contribution in [0.5, 0.6) is 0 Å². The molecule has 0 amide bonds. The summed E-state index contributed by atoms with van der Waals surface area (Å²) in [5.41, 5.74) is 3.10. The van der Waals surface area contributed by atoms with Gasteiger partial charge in [0.1, 0.15) is 10.8 Å². The molecule has 5 rings (SSSR count). The molecule has 0 radical (unpaired) electrons. The number of hydrogen-bond donors (Lipinski definition) is 1. The van der Waals surface area contributed by atoms with Crippen molar-refractivity contribution in [3.05, 3.63) is 96.1 Å². The monoisotopic (exact) mass is 461 g/mol. The quantitative estimate of drug-likeness (QED) is 0.368. The number of aryl methyl sites for hydroxylation is 1. The number of nitrogens with zero attached hydrogens (tertiary/aromatic N) is 4. The first-order valence-corrected chi connectivity index (χ1v) is 12.2. The minimum atomic E-state index is -3.66. The van der Waals surface area contributed by atoms with E-state index in [1.807, 2.05) is 59.8 Å². The first-order valence-electron chi connectivity index (χ1n) is 9.83. The lowest BCUT2D eigenvalue weighted by molar-refractivity contribution is 0.601. The van der Waals surface area contributed by atoms with Crippen LogP contribution >= 0.6 is 11.3 Å². The third-order valence-electron chi connectivity index (χ3n) is 4.91. The lowest BCUT2D eigenvalue weighted by Crippen LogP contribution is -2.14. The van der Waals surface area contributed by atoms with E-state index in [1.54, 1.807) is 58.4 Å². The first-order chi connectivity index (χ1) is 15.5. The van der Waals surface area contributed by atoms with Gasteiger partial charge in [0.05, 0.1) is 11.1 Å². The van der Waals surface area contributed by atoms with Crippen molar-refractivity contribution in [3.63, 3.8) is 0 Å². The lowest BCUT2D eigenvalue weighted by atomic mass is 10.2. The Morgan fingerprint density at radius 1 is 0.969 bits per heavy atom. The minimum absolute atomic E-state index is 0.227. The maximum Gasteiger partial charge on any atom is 0.261 e. The molecule has 32 heavy (non-hydrogen) atoms. The molecule has 0 atom stereocenters. The maximum absolute atomic E-state index is 12.7. The van der Waals surface area contributed by atoms with Gasteiger partial charge in [0.2, 0.25) is 0 Å². The summed E-state index contributed by atoms with van der Waals surface area (Å²) in [4.78, 5) is 6.97. The molecule has 0 bridgehead atoms. The van der Waals surface area contributed by atoms with E-state index in [2.05, 4.69) is 9.82 Å². The molecule has 0 fully saturated rings. The normalized spacial score (nSPS) is 11.5. The second kappa shape index (κ2) is 8.10. The highest BCUT2D eigenvalue weighted by molar-refractivity contribution is 7.92. The van der Waals surface area contributed by atoms with Gasteiger partial charge in [-0.15, -0.1) is 11.3 Å². The predicted octanol–water partition coefficient (Wildman–Crippen LogP) is 5.37. The molecule has 1 N–H and O–H groups in total. The van der Waals surface area contributed by atoms with E-state index in [9.17, 15) is 8.42 Å². The average molecular weight is 462 g/mol. The lowest BCUT2D eigenvalue weighted by Gasteiger charge is -2.22. The molecule has 9 heteroatoms. The number of fused-ring (bicyclic) bond motifs is 1. The number of hydrogen-bond acceptors (Lipinski definition) is 6. The fraction of sp³-hybridized carbons (Fsp3) is 0.0435. The Hall–Kier alpha value is -3.69. The van der Waals surface area contributed by atoms with Crippen LogP contribution < -0.4 is 9.62 Å². The third kappa shape index (κ3) is 3.95. The van der Waals surface area contributed by atoms with Crippen LogP contribution in [0.25, 0.3) is 5.65 Å². The second-order valence-electron chi connectivity index (χ2n) is 7.17. The molecule has 0 aliphatic carbocycles. The Morgan fingerprint density at radius 2 is 1.75 bits per heavy atom. The molecule has 3 aromatic heterocycles. The fourth-order valence-corrected chi connectivity index (χ4v) is 5.12.